The third kappa shape index (κ3) is 3.61. The largest absolute Gasteiger partial charge is 0.364 e. The standard InChI is InChI=1S/C13H18N6/c1-4-14-13-18-5-9(2)12(19-13)17-8-11-7-15-10(3)6-16-11/h5-7H,4,8H2,1-3H3,(H2,14,17,18,19). The van der Waals surface area contributed by atoms with Gasteiger partial charge in [0.2, 0.25) is 5.95 Å². The van der Waals surface area contributed by atoms with E-state index in [0.717, 1.165) is 29.3 Å². The molecule has 6 heteroatoms. The molecule has 2 heterocycles. The molecule has 6 nitrogen and oxygen atoms in total. The van der Waals surface area contributed by atoms with E-state index < -0.39 is 0 Å². The molecule has 0 saturated carbocycles. The number of nitrogens with zero attached hydrogens (tertiary/aromatic N) is 4. The number of aryl methyl sites for hydroxylation is 2. The normalized spacial score (nSPS) is 10.3. The first-order valence-electron chi connectivity index (χ1n) is 6.28. The second kappa shape index (κ2) is 6.08. The van der Waals surface area contributed by atoms with Crippen molar-refractivity contribution in [3.05, 3.63) is 35.5 Å². The van der Waals surface area contributed by atoms with Crippen LogP contribution in [0, 0.1) is 13.8 Å². The van der Waals surface area contributed by atoms with Crippen LogP contribution in [0.15, 0.2) is 18.6 Å². The highest BCUT2D eigenvalue weighted by Gasteiger charge is 2.03. The molecule has 19 heavy (non-hydrogen) atoms. The molecule has 2 rings (SSSR count). The molecule has 2 aromatic rings. The lowest BCUT2D eigenvalue weighted by Crippen LogP contribution is -2.09. The molecule has 0 aromatic carbocycles. The topological polar surface area (TPSA) is 75.6 Å². The Hall–Kier alpha value is -2.24. The molecule has 2 aromatic heterocycles. The second-order valence-electron chi connectivity index (χ2n) is 4.26. The fraction of sp³-hybridized carbons (Fsp3) is 0.385. The number of nitrogens with one attached hydrogen (secondary N) is 2. The SMILES string of the molecule is CCNc1ncc(C)c(NCc2cnc(C)cn2)n1. The summed E-state index contributed by atoms with van der Waals surface area (Å²) in [6.45, 7) is 7.29. The zero-order chi connectivity index (χ0) is 13.7. The number of rotatable bonds is 5. The average molecular weight is 258 g/mol. The summed E-state index contributed by atoms with van der Waals surface area (Å²) >= 11 is 0. The second-order valence-corrected chi connectivity index (χ2v) is 4.26. The minimum absolute atomic E-state index is 0.594. The number of hydrogen-bond donors (Lipinski definition) is 2. The lowest BCUT2D eigenvalue weighted by atomic mass is 10.3. The van der Waals surface area contributed by atoms with Gasteiger partial charge in [0.25, 0.3) is 0 Å². The summed E-state index contributed by atoms with van der Waals surface area (Å²) in [5, 5.41) is 6.34. The summed E-state index contributed by atoms with van der Waals surface area (Å²) in [5.41, 5.74) is 2.80. The Balaban J connectivity index is 2.05. The van der Waals surface area contributed by atoms with Crippen LogP contribution < -0.4 is 10.6 Å². The molecule has 0 bridgehead atoms. The summed E-state index contributed by atoms with van der Waals surface area (Å²) in [4.78, 5) is 17.1. The first kappa shape index (κ1) is 13.2. The lowest BCUT2D eigenvalue weighted by Gasteiger charge is -2.09. The van der Waals surface area contributed by atoms with Gasteiger partial charge in [-0.1, -0.05) is 0 Å². The molecule has 0 fully saturated rings. The Bertz CT molecular complexity index is 537. The molecule has 0 saturated heterocycles. The minimum Gasteiger partial charge on any atom is -0.364 e. The third-order valence-corrected chi connectivity index (χ3v) is 2.58. The van der Waals surface area contributed by atoms with Gasteiger partial charge >= 0.3 is 0 Å². The number of anilines is 2. The van der Waals surface area contributed by atoms with Gasteiger partial charge in [-0.2, -0.15) is 4.98 Å². The van der Waals surface area contributed by atoms with Crippen LogP contribution in [-0.2, 0) is 6.54 Å². The minimum atomic E-state index is 0.594. The Morgan fingerprint density at radius 3 is 2.53 bits per heavy atom. The number of aromatic nitrogens is 4. The van der Waals surface area contributed by atoms with Gasteiger partial charge in [-0.15, -0.1) is 0 Å². The van der Waals surface area contributed by atoms with Crippen molar-refractivity contribution >= 4 is 11.8 Å². The van der Waals surface area contributed by atoms with Crippen molar-refractivity contribution in [2.75, 3.05) is 17.2 Å². The molecule has 0 aliphatic heterocycles. The van der Waals surface area contributed by atoms with Crippen LogP contribution in [0.3, 0.4) is 0 Å². The van der Waals surface area contributed by atoms with Gasteiger partial charge in [0.15, 0.2) is 0 Å². The monoisotopic (exact) mass is 258 g/mol. The molecular weight excluding hydrogens is 240 g/mol. The molecule has 0 aliphatic carbocycles. The van der Waals surface area contributed by atoms with E-state index in [-0.39, 0.29) is 0 Å². The van der Waals surface area contributed by atoms with Gasteiger partial charge in [0, 0.05) is 24.5 Å². The molecule has 0 unspecified atom stereocenters. The fourth-order valence-corrected chi connectivity index (χ4v) is 1.55. The number of hydrogen-bond acceptors (Lipinski definition) is 6. The summed E-state index contributed by atoms with van der Waals surface area (Å²) in [7, 11) is 0. The smallest absolute Gasteiger partial charge is 0.224 e. The molecule has 0 atom stereocenters. The van der Waals surface area contributed by atoms with Crippen LogP contribution >= 0.6 is 0 Å². The van der Waals surface area contributed by atoms with Crippen LogP contribution in [-0.4, -0.2) is 26.5 Å². The van der Waals surface area contributed by atoms with Crippen molar-refractivity contribution in [1.29, 1.82) is 0 Å². The maximum Gasteiger partial charge on any atom is 0.224 e. The highest BCUT2D eigenvalue weighted by atomic mass is 15.1. The average Bonchev–Trinajstić information content (AvgIpc) is 2.41. The summed E-state index contributed by atoms with van der Waals surface area (Å²) in [6, 6.07) is 0. The van der Waals surface area contributed by atoms with Crippen molar-refractivity contribution in [3.8, 4) is 0 Å². The lowest BCUT2D eigenvalue weighted by molar-refractivity contribution is 0.966. The molecule has 0 amide bonds. The quantitative estimate of drug-likeness (QED) is 0.853. The van der Waals surface area contributed by atoms with E-state index in [1.54, 1.807) is 18.6 Å². The highest BCUT2D eigenvalue weighted by molar-refractivity contribution is 5.46. The highest BCUT2D eigenvalue weighted by Crippen LogP contribution is 2.13. The molecule has 2 N–H and O–H groups in total. The molecule has 0 aliphatic rings. The van der Waals surface area contributed by atoms with Gasteiger partial charge in [0.05, 0.1) is 24.1 Å². The zero-order valence-electron chi connectivity index (χ0n) is 11.4. The fourth-order valence-electron chi connectivity index (χ4n) is 1.55. The maximum atomic E-state index is 4.41. The predicted octanol–water partition coefficient (Wildman–Crippen LogP) is 1.93. The van der Waals surface area contributed by atoms with Gasteiger partial charge in [-0.05, 0) is 20.8 Å². The molecule has 100 valence electrons. The first-order valence-corrected chi connectivity index (χ1v) is 6.28. The van der Waals surface area contributed by atoms with Gasteiger partial charge in [-0.25, -0.2) is 4.98 Å². The summed E-state index contributed by atoms with van der Waals surface area (Å²) < 4.78 is 0. The van der Waals surface area contributed by atoms with E-state index in [1.807, 2.05) is 20.8 Å². The summed E-state index contributed by atoms with van der Waals surface area (Å²) in [5.74, 6) is 1.44. The van der Waals surface area contributed by atoms with Gasteiger partial charge in [0.1, 0.15) is 5.82 Å². The van der Waals surface area contributed by atoms with Gasteiger partial charge < -0.3 is 10.6 Å². The predicted molar refractivity (Wildman–Crippen MR) is 75.0 cm³/mol. The zero-order valence-corrected chi connectivity index (χ0v) is 11.4. The van der Waals surface area contributed by atoms with Crippen LogP contribution in [0.5, 0.6) is 0 Å². The van der Waals surface area contributed by atoms with Crippen LogP contribution in [0.1, 0.15) is 23.9 Å². The van der Waals surface area contributed by atoms with Crippen molar-refractivity contribution in [2.45, 2.75) is 27.3 Å². The van der Waals surface area contributed by atoms with E-state index in [1.165, 1.54) is 0 Å². The van der Waals surface area contributed by atoms with E-state index >= 15 is 0 Å². The Morgan fingerprint density at radius 1 is 1.00 bits per heavy atom. The van der Waals surface area contributed by atoms with E-state index in [9.17, 15) is 0 Å². The molecule has 0 radical (unpaired) electrons. The van der Waals surface area contributed by atoms with Crippen molar-refractivity contribution < 1.29 is 0 Å². The van der Waals surface area contributed by atoms with Crippen molar-refractivity contribution in [2.24, 2.45) is 0 Å². The third-order valence-electron chi connectivity index (χ3n) is 2.58. The van der Waals surface area contributed by atoms with E-state index in [4.69, 9.17) is 0 Å². The Labute approximate surface area is 112 Å². The van der Waals surface area contributed by atoms with E-state index in [2.05, 4.69) is 30.6 Å². The van der Waals surface area contributed by atoms with Crippen LogP contribution in [0.2, 0.25) is 0 Å². The van der Waals surface area contributed by atoms with Gasteiger partial charge in [-0.3, -0.25) is 9.97 Å². The van der Waals surface area contributed by atoms with E-state index in [0.29, 0.717) is 12.5 Å². The Morgan fingerprint density at radius 2 is 1.84 bits per heavy atom. The van der Waals surface area contributed by atoms with Crippen molar-refractivity contribution in [3.63, 3.8) is 0 Å². The summed E-state index contributed by atoms with van der Waals surface area (Å²) in [6.07, 6.45) is 5.33. The van der Waals surface area contributed by atoms with Crippen molar-refractivity contribution in [1.82, 2.24) is 19.9 Å². The first-order chi connectivity index (χ1) is 9.19. The molecular formula is C13H18N6. The Kier molecular flexibility index (Phi) is 4.22. The molecule has 0 spiro atoms. The van der Waals surface area contributed by atoms with Crippen LogP contribution in [0.25, 0.3) is 0 Å². The maximum absolute atomic E-state index is 4.41. The van der Waals surface area contributed by atoms with Crippen LogP contribution in [0.4, 0.5) is 11.8 Å².